The third kappa shape index (κ3) is 4.91. The van der Waals surface area contributed by atoms with Crippen LogP contribution in [0.15, 0.2) is 52.9 Å². The van der Waals surface area contributed by atoms with E-state index in [1.54, 1.807) is 24.3 Å². The first-order valence-corrected chi connectivity index (χ1v) is 9.92. The van der Waals surface area contributed by atoms with Gasteiger partial charge < -0.3 is 0 Å². The van der Waals surface area contributed by atoms with E-state index >= 15 is 0 Å². The normalized spacial score (nSPS) is 10.5. The molecule has 0 unspecified atom stereocenters. The number of aromatic nitrogens is 2. The van der Waals surface area contributed by atoms with Gasteiger partial charge in [0.25, 0.3) is 11.6 Å². The Hall–Kier alpha value is -2.82. The molecule has 0 aliphatic carbocycles. The maximum atomic E-state index is 12.3. The van der Waals surface area contributed by atoms with Crippen molar-refractivity contribution in [1.29, 1.82) is 0 Å². The van der Waals surface area contributed by atoms with Crippen LogP contribution in [-0.4, -0.2) is 32.6 Å². The minimum atomic E-state index is -0.664. The molecule has 2 aromatic carbocycles. The Bertz CT molecular complexity index is 1040. The van der Waals surface area contributed by atoms with Gasteiger partial charge in [0.05, 0.1) is 10.7 Å². The number of rotatable bonds is 7. The number of Topliss-reactive ketones (excluding diaryl/α,β-unsaturated/α-hetero) is 1. The zero-order valence-corrected chi connectivity index (χ0v) is 16.4. The van der Waals surface area contributed by atoms with E-state index in [2.05, 4.69) is 15.5 Å². The number of ketones is 1. The molecule has 0 aliphatic rings. The summed E-state index contributed by atoms with van der Waals surface area (Å²) in [5, 5.41) is 21.4. The third-order valence-corrected chi connectivity index (χ3v) is 5.75. The lowest BCUT2D eigenvalue weighted by Gasteiger charge is -2.02. The van der Waals surface area contributed by atoms with Crippen LogP contribution in [0.5, 0.6) is 0 Å². The van der Waals surface area contributed by atoms with Gasteiger partial charge in [-0.3, -0.25) is 25.0 Å². The van der Waals surface area contributed by atoms with Gasteiger partial charge in [0.15, 0.2) is 10.1 Å². The zero-order valence-electron chi connectivity index (χ0n) is 14.0. The summed E-state index contributed by atoms with van der Waals surface area (Å²) in [6, 6.07) is 12.6. The smallest absolute Gasteiger partial charge is 0.288 e. The summed E-state index contributed by atoms with van der Waals surface area (Å²) in [7, 11) is 0. The summed E-state index contributed by atoms with van der Waals surface area (Å²) >= 11 is 8.06. The van der Waals surface area contributed by atoms with E-state index < -0.39 is 10.8 Å². The average molecular weight is 435 g/mol. The lowest BCUT2D eigenvalue weighted by molar-refractivity contribution is -0.384. The number of nitro groups is 1. The Balaban J connectivity index is 1.61. The van der Waals surface area contributed by atoms with Crippen molar-refractivity contribution >= 4 is 57.2 Å². The van der Waals surface area contributed by atoms with Crippen LogP contribution in [0.1, 0.15) is 20.7 Å². The third-order valence-electron chi connectivity index (χ3n) is 3.45. The fraction of sp³-hybridized carbons (Fsp3) is 0.0588. The number of benzene rings is 2. The Morgan fingerprint density at radius 1 is 1.14 bits per heavy atom. The fourth-order valence-corrected chi connectivity index (χ4v) is 3.94. The van der Waals surface area contributed by atoms with Gasteiger partial charge in [-0.05, 0) is 12.1 Å². The van der Waals surface area contributed by atoms with Gasteiger partial charge in [0.2, 0.25) is 5.13 Å². The zero-order chi connectivity index (χ0) is 20.1. The Kier molecular flexibility index (Phi) is 6.34. The molecule has 142 valence electrons. The van der Waals surface area contributed by atoms with Gasteiger partial charge >= 0.3 is 0 Å². The molecule has 0 saturated carbocycles. The van der Waals surface area contributed by atoms with Crippen molar-refractivity contribution in [3.63, 3.8) is 0 Å². The van der Waals surface area contributed by atoms with Crippen LogP contribution in [0.25, 0.3) is 0 Å². The highest BCUT2D eigenvalue weighted by atomic mass is 35.5. The minimum absolute atomic E-state index is 0.0418. The van der Waals surface area contributed by atoms with Crippen LogP contribution in [0.3, 0.4) is 0 Å². The topological polar surface area (TPSA) is 115 Å². The van der Waals surface area contributed by atoms with Crippen LogP contribution in [-0.2, 0) is 0 Å². The molecule has 1 aromatic heterocycles. The van der Waals surface area contributed by atoms with E-state index in [1.807, 2.05) is 6.07 Å². The number of nitrogens with one attached hydrogen (secondary N) is 1. The predicted octanol–water partition coefficient (Wildman–Crippen LogP) is 4.33. The number of carbonyl (C=O) groups is 2. The molecule has 1 amide bonds. The van der Waals surface area contributed by atoms with Gasteiger partial charge in [0.1, 0.15) is 5.02 Å². The van der Waals surface area contributed by atoms with Gasteiger partial charge in [-0.2, -0.15) is 0 Å². The summed E-state index contributed by atoms with van der Waals surface area (Å²) in [4.78, 5) is 34.6. The number of hydrogen-bond acceptors (Lipinski definition) is 8. The first-order valence-electron chi connectivity index (χ1n) is 7.74. The SMILES string of the molecule is O=C(CSc1nnc(NC(=O)c2ccc(Cl)c([N+](=O)[O-])c2)s1)c1ccccc1. The Labute approximate surface area is 172 Å². The van der Waals surface area contributed by atoms with Gasteiger partial charge in [-0.1, -0.05) is 65.0 Å². The number of hydrogen-bond donors (Lipinski definition) is 1. The molecule has 0 spiro atoms. The van der Waals surface area contributed by atoms with Crippen LogP contribution < -0.4 is 5.32 Å². The number of anilines is 1. The van der Waals surface area contributed by atoms with E-state index in [9.17, 15) is 19.7 Å². The standard InChI is InChI=1S/C17H11ClN4O4S2/c18-12-7-6-11(8-13(12)22(25)26)15(24)19-16-20-21-17(28-16)27-9-14(23)10-4-2-1-3-5-10/h1-8H,9H2,(H,19,20,24). The van der Waals surface area contributed by atoms with Crippen LogP contribution in [0.2, 0.25) is 5.02 Å². The van der Waals surface area contributed by atoms with E-state index in [1.165, 1.54) is 23.9 Å². The molecule has 3 rings (SSSR count). The molecule has 1 heterocycles. The molecule has 0 bridgehead atoms. The van der Waals surface area contributed by atoms with Gasteiger partial charge in [0, 0.05) is 17.2 Å². The second-order valence-corrected chi connectivity index (χ2v) is 7.94. The molecule has 0 fully saturated rings. The number of amides is 1. The van der Waals surface area contributed by atoms with E-state index in [4.69, 9.17) is 11.6 Å². The second kappa shape index (κ2) is 8.91. The quantitative estimate of drug-likeness (QED) is 0.193. The number of thioether (sulfide) groups is 1. The van der Waals surface area contributed by atoms with Crippen LogP contribution >= 0.6 is 34.7 Å². The highest BCUT2D eigenvalue weighted by molar-refractivity contribution is 8.01. The molecule has 0 radical (unpaired) electrons. The molecule has 1 N–H and O–H groups in total. The second-order valence-electron chi connectivity index (χ2n) is 5.33. The maximum Gasteiger partial charge on any atom is 0.288 e. The first-order chi connectivity index (χ1) is 13.4. The van der Waals surface area contributed by atoms with E-state index in [-0.39, 0.29) is 32.9 Å². The monoisotopic (exact) mass is 434 g/mol. The summed E-state index contributed by atoms with van der Waals surface area (Å²) in [6.45, 7) is 0. The van der Waals surface area contributed by atoms with Crippen LogP contribution in [0.4, 0.5) is 10.8 Å². The summed E-state index contributed by atoms with van der Waals surface area (Å²) in [6.07, 6.45) is 0. The first kappa shape index (κ1) is 19.9. The number of nitrogens with zero attached hydrogens (tertiary/aromatic N) is 3. The lowest BCUT2D eigenvalue weighted by atomic mass is 10.2. The maximum absolute atomic E-state index is 12.3. The van der Waals surface area contributed by atoms with Crippen LogP contribution in [0, 0.1) is 10.1 Å². The molecule has 0 aliphatic heterocycles. The van der Waals surface area contributed by atoms with Crippen molar-refractivity contribution in [2.45, 2.75) is 4.34 Å². The molecular formula is C17H11ClN4O4S2. The highest BCUT2D eigenvalue weighted by Gasteiger charge is 2.18. The van der Waals surface area contributed by atoms with Crippen molar-refractivity contribution in [3.05, 3.63) is 74.8 Å². The number of halogens is 1. The van der Waals surface area contributed by atoms with Gasteiger partial charge in [-0.15, -0.1) is 10.2 Å². The van der Waals surface area contributed by atoms with Crippen molar-refractivity contribution in [2.75, 3.05) is 11.1 Å². The average Bonchev–Trinajstić information content (AvgIpc) is 3.14. The van der Waals surface area contributed by atoms with Crippen molar-refractivity contribution in [1.82, 2.24) is 10.2 Å². The molecule has 11 heteroatoms. The Morgan fingerprint density at radius 3 is 2.61 bits per heavy atom. The lowest BCUT2D eigenvalue weighted by Crippen LogP contribution is -2.12. The fourth-order valence-electron chi connectivity index (χ4n) is 2.12. The van der Waals surface area contributed by atoms with Crippen molar-refractivity contribution in [2.24, 2.45) is 0 Å². The van der Waals surface area contributed by atoms with E-state index in [0.29, 0.717) is 9.90 Å². The number of nitro benzene ring substituents is 1. The van der Waals surface area contributed by atoms with Crippen molar-refractivity contribution in [3.8, 4) is 0 Å². The molecule has 3 aromatic rings. The molecule has 8 nitrogen and oxygen atoms in total. The predicted molar refractivity (Wildman–Crippen MR) is 107 cm³/mol. The molecule has 0 saturated heterocycles. The largest absolute Gasteiger partial charge is 0.296 e. The Morgan fingerprint density at radius 2 is 1.89 bits per heavy atom. The molecule has 28 heavy (non-hydrogen) atoms. The van der Waals surface area contributed by atoms with Gasteiger partial charge in [-0.25, -0.2) is 0 Å². The summed E-state index contributed by atoms with van der Waals surface area (Å²) in [5.74, 6) is -0.427. The summed E-state index contributed by atoms with van der Waals surface area (Å²) < 4.78 is 0.515. The van der Waals surface area contributed by atoms with Crippen molar-refractivity contribution < 1.29 is 14.5 Å². The van der Waals surface area contributed by atoms with E-state index in [0.717, 1.165) is 17.4 Å². The number of carbonyl (C=O) groups excluding carboxylic acids is 2. The summed E-state index contributed by atoms with van der Waals surface area (Å²) in [5.41, 5.74) is 0.319. The minimum Gasteiger partial charge on any atom is -0.296 e. The molecular weight excluding hydrogens is 424 g/mol. The highest BCUT2D eigenvalue weighted by Crippen LogP contribution is 2.28. The molecule has 0 atom stereocenters.